The first-order valence-electron chi connectivity index (χ1n) is 4.55. The van der Waals surface area contributed by atoms with E-state index >= 15 is 0 Å². The first-order chi connectivity index (χ1) is 6.75. The van der Waals surface area contributed by atoms with Crippen LogP contribution in [-0.4, -0.2) is 11.8 Å². The highest BCUT2D eigenvalue weighted by atomic mass is 79.9. The van der Waals surface area contributed by atoms with Crippen molar-refractivity contribution in [2.24, 2.45) is 0 Å². The van der Waals surface area contributed by atoms with Crippen molar-refractivity contribution in [3.63, 3.8) is 0 Å². The van der Waals surface area contributed by atoms with Gasteiger partial charge in [-0.05, 0) is 23.8 Å². The van der Waals surface area contributed by atoms with Crippen LogP contribution in [0.1, 0.15) is 12.0 Å². The van der Waals surface area contributed by atoms with Gasteiger partial charge in [-0.2, -0.15) is 0 Å². The zero-order valence-electron chi connectivity index (χ0n) is 7.38. The van der Waals surface area contributed by atoms with Crippen LogP contribution >= 0.6 is 15.9 Å². The zero-order chi connectivity index (χ0) is 9.71. The number of benzene rings is 1. The lowest BCUT2D eigenvalue weighted by atomic mass is 10.1. The van der Waals surface area contributed by atoms with Gasteiger partial charge < -0.3 is 5.32 Å². The fourth-order valence-electron chi connectivity index (χ4n) is 2.08. The van der Waals surface area contributed by atoms with Gasteiger partial charge in [0.1, 0.15) is 6.04 Å². The van der Waals surface area contributed by atoms with Crippen LogP contribution < -0.4 is 5.32 Å². The second-order valence-electron chi connectivity index (χ2n) is 3.60. The molecular formula is C11H8BrNO. The minimum absolute atomic E-state index is 0.0840. The van der Waals surface area contributed by atoms with E-state index in [1.807, 2.05) is 18.2 Å². The molecule has 1 N–H and O–H groups in total. The number of hydrogen-bond donors (Lipinski definition) is 1. The predicted molar refractivity (Wildman–Crippen MR) is 59.2 cm³/mol. The first kappa shape index (κ1) is 8.24. The van der Waals surface area contributed by atoms with E-state index in [0.29, 0.717) is 6.42 Å². The van der Waals surface area contributed by atoms with Crippen LogP contribution in [0, 0.1) is 0 Å². The first-order valence-corrected chi connectivity index (χ1v) is 5.34. The topological polar surface area (TPSA) is 29.1 Å². The number of halogens is 1. The Morgan fingerprint density at radius 3 is 3.14 bits per heavy atom. The van der Waals surface area contributed by atoms with Crippen LogP contribution in [0.15, 0.2) is 28.7 Å². The van der Waals surface area contributed by atoms with Crippen LogP contribution in [0.4, 0.5) is 5.69 Å². The van der Waals surface area contributed by atoms with Crippen molar-refractivity contribution >= 4 is 33.0 Å². The number of anilines is 1. The van der Waals surface area contributed by atoms with Gasteiger partial charge in [0.25, 0.3) is 0 Å². The van der Waals surface area contributed by atoms with Gasteiger partial charge in [0, 0.05) is 22.1 Å². The van der Waals surface area contributed by atoms with Crippen LogP contribution in [0.5, 0.6) is 0 Å². The van der Waals surface area contributed by atoms with Gasteiger partial charge in [0.05, 0.1) is 0 Å². The quantitative estimate of drug-likeness (QED) is 0.766. The molecule has 1 atom stereocenters. The van der Waals surface area contributed by atoms with Crippen molar-refractivity contribution in [2.45, 2.75) is 12.5 Å². The summed E-state index contributed by atoms with van der Waals surface area (Å²) in [5.41, 5.74) is 3.37. The van der Waals surface area contributed by atoms with Crippen LogP contribution in [0.2, 0.25) is 0 Å². The highest BCUT2D eigenvalue weighted by Gasteiger charge is 2.34. The molecule has 1 heterocycles. The van der Waals surface area contributed by atoms with Gasteiger partial charge in [-0.3, -0.25) is 4.79 Å². The molecule has 0 fully saturated rings. The standard InChI is InChI=1S/C11H8BrNO/c12-6-1-3-9-8(5-6)7-2-4-10(14)11(7)13-9/h1-3,5,11,13H,4H2. The normalized spacial score (nSPS) is 22.8. The lowest BCUT2D eigenvalue weighted by Gasteiger charge is -2.03. The lowest BCUT2D eigenvalue weighted by Crippen LogP contribution is -2.21. The maximum Gasteiger partial charge on any atom is 0.163 e. The Balaban J connectivity index is 2.18. The van der Waals surface area contributed by atoms with Gasteiger partial charge >= 0.3 is 0 Å². The smallest absolute Gasteiger partial charge is 0.163 e. The molecule has 0 saturated carbocycles. The largest absolute Gasteiger partial charge is 0.371 e. The molecule has 0 amide bonds. The maximum atomic E-state index is 11.5. The number of fused-ring (bicyclic) bond motifs is 3. The monoisotopic (exact) mass is 249 g/mol. The molecule has 0 spiro atoms. The summed E-state index contributed by atoms with van der Waals surface area (Å²) in [6, 6.07) is 5.97. The third-order valence-corrected chi connectivity index (χ3v) is 3.24. The summed E-state index contributed by atoms with van der Waals surface area (Å²) in [5.74, 6) is 0.271. The molecule has 1 aromatic carbocycles. The summed E-state index contributed by atoms with van der Waals surface area (Å²) < 4.78 is 1.05. The molecule has 0 aromatic heterocycles. The minimum atomic E-state index is -0.0840. The molecule has 70 valence electrons. The second kappa shape index (κ2) is 2.70. The Morgan fingerprint density at radius 1 is 1.43 bits per heavy atom. The van der Waals surface area contributed by atoms with E-state index in [1.165, 1.54) is 0 Å². The van der Waals surface area contributed by atoms with Crippen LogP contribution in [-0.2, 0) is 4.79 Å². The number of nitrogens with one attached hydrogen (secondary N) is 1. The molecule has 2 nitrogen and oxygen atoms in total. The Kier molecular flexibility index (Phi) is 1.59. The SMILES string of the molecule is O=C1CC=C2c3cc(Br)ccc3NC12. The third-order valence-electron chi connectivity index (χ3n) is 2.75. The van der Waals surface area contributed by atoms with Gasteiger partial charge in [0.2, 0.25) is 0 Å². The van der Waals surface area contributed by atoms with E-state index in [9.17, 15) is 4.79 Å². The molecule has 0 radical (unpaired) electrons. The molecule has 0 saturated heterocycles. The van der Waals surface area contributed by atoms with Crippen molar-refractivity contribution in [3.8, 4) is 0 Å². The highest BCUT2D eigenvalue weighted by molar-refractivity contribution is 9.10. The number of Topliss-reactive ketones (excluding diaryl/α,β-unsaturated/α-hetero) is 1. The summed E-state index contributed by atoms with van der Waals surface area (Å²) in [4.78, 5) is 11.5. The molecular weight excluding hydrogens is 242 g/mol. The number of carbonyl (C=O) groups is 1. The predicted octanol–water partition coefficient (Wildman–Crippen LogP) is 2.60. The van der Waals surface area contributed by atoms with E-state index < -0.39 is 0 Å². The zero-order valence-corrected chi connectivity index (χ0v) is 8.97. The average molecular weight is 250 g/mol. The van der Waals surface area contributed by atoms with Crippen molar-refractivity contribution in [1.82, 2.24) is 0 Å². The van der Waals surface area contributed by atoms with Gasteiger partial charge in [-0.25, -0.2) is 0 Å². The van der Waals surface area contributed by atoms with E-state index in [2.05, 4.69) is 27.3 Å². The Bertz CT molecular complexity index is 464. The van der Waals surface area contributed by atoms with Crippen molar-refractivity contribution in [3.05, 3.63) is 34.3 Å². The molecule has 3 heteroatoms. The Hall–Kier alpha value is -1.09. The fourth-order valence-corrected chi connectivity index (χ4v) is 2.44. The van der Waals surface area contributed by atoms with E-state index in [4.69, 9.17) is 0 Å². The highest BCUT2D eigenvalue weighted by Crippen LogP contribution is 2.40. The number of hydrogen-bond acceptors (Lipinski definition) is 2. The molecule has 0 bridgehead atoms. The van der Waals surface area contributed by atoms with Gasteiger partial charge in [0.15, 0.2) is 5.78 Å². The summed E-state index contributed by atoms with van der Waals surface area (Å²) in [6.07, 6.45) is 2.59. The number of ketones is 1. The minimum Gasteiger partial charge on any atom is -0.371 e. The summed E-state index contributed by atoms with van der Waals surface area (Å²) in [5, 5.41) is 3.23. The molecule has 2 aliphatic rings. The van der Waals surface area contributed by atoms with Gasteiger partial charge in [-0.15, -0.1) is 0 Å². The summed E-state index contributed by atoms with van der Waals surface area (Å²) in [6.45, 7) is 0. The number of carbonyl (C=O) groups excluding carboxylic acids is 1. The summed E-state index contributed by atoms with van der Waals surface area (Å²) in [7, 11) is 0. The van der Waals surface area contributed by atoms with E-state index in [1.54, 1.807) is 0 Å². The number of rotatable bonds is 0. The van der Waals surface area contributed by atoms with Gasteiger partial charge in [-0.1, -0.05) is 22.0 Å². The molecule has 3 rings (SSSR count). The average Bonchev–Trinajstić information content (AvgIpc) is 2.67. The number of allylic oxidation sites excluding steroid dienone is 1. The molecule has 1 aliphatic carbocycles. The fraction of sp³-hybridized carbons (Fsp3) is 0.182. The Labute approximate surface area is 90.1 Å². The van der Waals surface area contributed by atoms with Crippen molar-refractivity contribution in [2.75, 3.05) is 5.32 Å². The maximum absolute atomic E-state index is 11.5. The molecule has 1 unspecified atom stereocenters. The molecule has 1 aromatic rings. The van der Waals surface area contributed by atoms with E-state index in [-0.39, 0.29) is 11.8 Å². The Morgan fingerprint density at radius 2 is 2.29 bits per heavy atom. The van der Waals surface area contributed by atoms with Crippen molar-refractivity contribution in [1.29, 1.82) is 0 Å². The molecule has 14 heavy (non-hydrogen) atoms. The van der Waals surface area contributed by atoms with Crippen LogP contribution in [0.3, 0.4) is 0 Å². The van der Waals surface area contributed by atoms with Crippen molar-refractivity contribution < 1.29 is 4.79 Å². The third kappa shape index (κ3) is 0.989. The lowest BCUT2D eigenvalue weighted by molar-refractivity contribution is -0.117. The second-order valence-corrected chi connectivity index (χ2v) is 4.51. The van der Waals surface area contributed by atoms with E-state index in [0.717, 1.165) is 21.3 Å². The summed E-state index contributed by atoms with van der Waals surface area (Å²) >= 11 is 3.44. The molecule has 1 aliphatic heterocycles. The van der Waals surface area contributed by atoms with Crippen LogP contribution in [0.25, 0.3) is 5.57 Å².